The van der Waals surface area contributed by atoms with E-state index in [0.717, 1.165) is 18.8 Å². The lowest BCUT2D eigenvalue weighted by Gasteiger charge is -2.21. The standard InChI is InChI=1S/C29H58O/c1-2-3-4-5-6-7-8-9-10-11-12-13-14-15-16-17-21-26-29(30)27-22-25-28-23-19-18-20-24-28/h28-30H,2-27H2,1H3/t29-/m0/s1. The van der Waals surface area contributed by atoms with Crippen LogP contribution >= 0.6 is 0 Å². The molecule has 0 bridgehead atoms. The van der Waals surface area contributed by atoms with Gasteiger partial charge in [-0.2, -0.15) is 0 Å². The summed E-state index contributed by atoms with van der Waals surface area (Å²) in [6.07, 6.45) is 36.2. The maximum Gasteiger partial charge on any atom is 0.0540 e. The van der Waals surface area contributed by atoms with Gasteiger partial charge in [0, 0.05) is 0 Å². The van der Waals surface area contributed by atoms with Gasteiger partial charge in [0.15, 0.2) is 0 Å². The van der Waals surface area contributed by atoms with Gasteiger partial charge in [0.2, 0.25) is 0 Å². The smallest absolute Gasteiger partial charge is 0.0540 e. The predicted molar refractivity (Wildman–Crippen MR) is 135 cm³/mol. The van der Waals surface area contributed by atoms with Gasteiger partial charge >= 0.3 is 0 Å². The molecule has 1 aliphatic rings. The van der Waals surface area contributed by atoms with Crippen molar-refractivity contribution in [1.29, 1.82) is 0 Å². The van der Waals surface area contributed by atoms with Crippen molar-refractivity contribution >= 4 is 0 Å². The molecule has 1 rings (SSSR count). The van der Waals surface area contributed by atoms with Crippen LogP contribution in [0.3, 0.4) is 0 Å². The van der Waals surface area contributed by atoms with Gasteiger partial charge in [-0.3, -0.25) is 0 Å². The molecule has 1 N–H and O–H groups in total. The molecular weight excluding hydrogens is 364 g/mol. The minimum absolute atomic E-state index is 0.0232. The van der Waals surface area contributed by atoms with Gasteiger partial charge in [0.25, 0.3) is 0 Å². The average molecular weight is 423 g/mol. The average Bonchev–Trinajstić information content (AvgIpc) is 2.76. The molecule has 0 aromatic rings. The van der Waals surface area contributed by atoms with Gasteiger partial charge in [0.05, 0.1) is 6.10 Å². The van der Waals surface area contributed by atoms with E-state index >= 15 is 0 Å². The van der Waals surface area contributed by atoms with Gasteiger partial charge in [-0.1, -0.05) is 161 Å². The normalized spacial score (nSPS) is 16.2. The van der Waals surface area contributed by atoms with Crippen LogP contribution in [-0.4, -0.2) is 11.2 Å². The highest BCUT2D eigenvalue weighted by Crippen LogP contribution is 2.28. The van der Waals surface area contributed by atoms with Gasteiger partial charge in [-0.15, -0.1) is 0 Å². The summed E-state index contributed by atoms with van der Waals surface area (Å²) in [7, 11) is 0. The highest BCUT2D eigenvalue weighted by atomic mass is 16.3. The zero-order chi connectivity index (χ0) is 21.5. The molecule has 1 fully saturated rings. The van der Waals surface area contributed by atoms with E-state index in [4.69, 9.17) is 0 Å². The number of hydrogen-bond acceptors (Lipinski definition) is 1. The van der Waals surface area contributed by atoms with Crippen molar-refractivity contribution in [2.75, 3.05) is 0 Å². The van der Waals surface area contributed by atoms with Crippen LogP contribution in [0.25, 0.3) is 0 Å². The Morgan fingerprint density at radius 3 is 1.40 bits per heavy atom. The maximum absolute atomic E-state index is 10.2. The number of hydrogen-bond donors (Lipinski definition) is 1. The van der Waals surface area contributed by atoms with Crippen molar-refractivity contribution in [2.24, 2.45) is 5.92 Å². The lowest BCUT2D eigenvalue weighted by molar-refractivity contribution is 0.144. The summed E-state index contributed by atoms with van der Waals surface area (Å²) in [4.78, 5) is 0. The predicted octanol–water partition coefficient (Wildman–Crippen LogP) is 10.1. The topological polar surface area (TPSA) is 20.2 Å². The molecule has 0 spiro atoms. The van der Waals surface area contributed by atoms with Gasteiger partial charge in [0.1, 0.15) is 0 Å². The largest absolute Gasteiger partial charge is 0.393 e. The summed E-state index contributed by atoms with van der Waals surface area (Å²) in [6.45, 7) is 2.30. The van der Waals surface area contributed by atoms with E-state index in [-0.39, 0.29) is 6.10 Å². The number of rotatable bonds is 22. The van der Waals surface area contributed by atoms with Gasteiger partial charge in [-0.05, 0) is 18.8 Å². The van der Waals surface area contributed by atoms with Crippen molar-refractivity contribution in [3.05, 3.63) is 0 Å². The van der Waals surface area contributed by atoms with Crippen molar-refractivity contribution in [3.63, 3.8) is 0 Å². The molecule has 30 heavy (non-hydrogen) atoms. The van der Waals surface area contributed by atoms with E-state index in [9.17, 15) is 5.11 Å². The molecule has 1 nitrogen and oxygen atoms in total. The molecule has 0 radical (unpaired) electrons. The SMILES string of the molecule is CCCCCCCCCCCCCCCCCCC[C@H](O)CCCC1CCCCC1. The Bertz CT molecular complexity index is 320. The summed E-state index contributed by atoms with van der Waals surface area (Å²) in [6, 6.07) is 0. The summed E-state index contributed by atoms with van der Waals surface area (Å²) >= 11 is 0. The van der Waals surface area contributed by atoms with Crippen LogP contribution < -0.4 is 0 Å². The number of aliphatic hydroxyl groups excluding tert-OH is 1. The zero-order valence-electron chi connectivity index (χ0n) is 21.0. The van der Waals surface area contributed by atoms with Crippen molar-refractivity contribution in [3.8, 4) is 0 Å². The first-order valence-electron chi connectivity index (χ1n) is 14.5. The second-order valence-corrected chi connectivity index (χ2v) is 10.5. The van der Waals surface area contributed by atoms with Crippen molar-refractivity contribution in [2.45, 2.75) is 180 Å². The zero-order valence-corrected chi connectivity index (χ0v) is 21.0. The van der Waals surface area contributed by atoms with Crippen molar-refractivity contribution < 1.29 is 5.11 Å². The van der Waals surface area contributed by atoms with Crippen LogP contribution in [-0.2, 0) is 0 Å². The highest BCUT2D eigenvalue weighted by Gasteiger charge is 2.13. The van der Waals surface area contributed by atoms with Gasteiger partial charge in [-0.25, -0.2) is 0 Å². The van der Waals surface area contributed by atoms with E-state index in [1.165, 1.54) is 154 Å². The second-order valence-electron chi connectivity index (χ2n) is 10.5. The third-order valence-electron chi connectivity index (χ3n) is 7.52. The van der Waals surface area contributed by atoms with E-state index in [2.05, 4.69) is 6.92 Å². The summed E-state index contributed by atoms with van der Waals surface area (Å²) in [5, 5.41) is 10.2. The Morgan fingerprint density at radius 1 is 0.533 bits per heavy atom. The van der Waals surface area contributed by atoms with E-state index in [0.29, 0.717) is 0 Å². The first kappa shape index (κ1) is 28.0. The molecule has 1 heteroatoms. The van der Waals surface area contributed by atoms with Crippen LogP contribution in [0.1, 0.15) is 174 Å². The Kier molecular flexibility index (Phi) is 20.7. The quantitative estimate of drug-likeness (QED) is 0.172. The van der Waals surface area contributed by atoms with Gasteiger partial charge < -0.3 is 5.11 Å². The fraction of sp³-hybridized carbons (Fsp3) is 1.00. The Hall–Kier alpha value is -0.0400. The monoisotopic (exact) mass is 422 g/mol. The molecule has 0 heterocycles. The molecule has 1 saturated carbocycles. The van der Waals surface area contributed by atoms with Crippen LogP contribution in [0, 0.1) is 5.92 Å². The van der Waals surface area contributed by atoms with Crippen LogP contribution in [0.4, 0.5) is 0 Å². The van der Waals surface area contributed by atoms with E-state index in [1.54, 1.807) is 0 Å². The van der Waals surface area contributed by atoms with Crippen molar-refractivity contribution in [1.82, 2.24) is 0 Å². The molecule has 0 unspecified atom stereocenters. The molecule has 1 atom stereocenters. The third kappa shape index (κ3) is 18.7. The number of unbranched alkanes of at least 4 members (excludes halogenated alkanes) is 16. The molecule has 0 saturated heterocycles. The minimum atomic E-state index is -0.0232. The lowest BCUT2D eigenvalue weighted by Crippen LogP contribution is -2.10. The molecular formula is C29H58O. The summed E-state index contributed by atoms with van der Waals surface area (Å²) in [5.41, 5.74) is 0. The first-order valence-corrected chi connectivity index (χ1v) is 14.5. The lowest BCUT2D eigenvalue weighted by atomic mass is 9.85. The van der Waals surface area contributed by atoms with Crippen LogP contribution in [0.5, 0.6) is 0 Å². The molecule has 0 aliphatic heterocycles. The Labute approximate surface area is 191 Å². The summed E-state index contributed by atoms with van der Waals surface area (Å²) in [5.74, 6) is 0.978. The highest BCUT2D eigenvalue weighted by molar-refractivity contribution is 4.67. The Morgan fingerprint density at radius 2 is 0.933 bits per heavy atom. The third-order valence-corrected chi connectivity index (χ3v) is 7.52. The minimum Gasteiger partial charge on any atom is -0.393 e. The van der Waals surface area contributed by atoms with Crippen LogP contribution in [0.2, 0.25) is 0 Å². The Balaban J connectivity index is 1.70. The number of aliphatic hydroxyl groups is 1. The molecule has 0 aromatic heterocycles. The van der Waals surface area contributed by atoms with E-state index < -0.39 is 0 Å². The fourth-order valence-electron chi connectivity index (χ4n) is 5.37. The second kappa shape index (κ2) is 22.2. The summed E-state index contributed by atoms with van der Waals surface area (Å²) < 4.78 is 0. The van der Waals surface area contributed by atoms with E-state index in [1.807, 2.05) is 0 Å². The molecule has 0 aromatic carbocycles. The molecule has 180 valence electrons. The molecule has 0 amide bonds. The fourth-order valence-corrected chi connectivity index (χ4v) is 5.37. The van der Waals surface area contributed by atoms with Crippen LogP contribution in [0.15, 0.2) is 0 Å². The first-order chi connectivity index (χ1) is 14.8. The molecule has 1 aliphatic carbocycles. The maximum atomic E-state index is 10.2.